The van der Waals surface area contributed by atoms with Gasteiger partial charge in [-0.2, -0.15) is 0 Å². The average molecular weight is 139 g/mol. The maximum atomic E-state index is 9.14. The van der Waals surface area contributed by atoms with Gasteiger partial charge in [-0.25, -0.2) is 0 Å². The molecule has 0 aromatic carbocycles. The van der Waals surface area contributed by atoms with Gasteiger partial charge in [0, 0.05) is 11.6 Å². The Labute approximate surface area is 61.0 Å². The second kappa shape index (κ2) is 2.88. The number of rotatable bonds is 1. The Balaban J connectivity index is 2.52. The van der Waals surface area contributed by atoms with E-state index in [4.69, 9.17) is 10.8 Å². The van der Waals surface area contributed by atoms with Crippen LogP contribution in [0, 0.1) is 5.92 Å². The normalized spacial score (nSPS) is 27.8. The molecule has 0 spiro atoms. The van der Waals surface area contributed by atoms with Crippen LogP contribution in [0.2, 0.25) is 0 Å². The molecule has 2 heteroatoms. The van der Waals surface area contributed by atoms with Gasteiger partial charge in [0.15, 0.2) is 0 Å². The van der Waals surface area contributed by atoms with Crippen molar-refractivity contribution in [2.45, 2.75) is 19.4 Å². The Morgan fingerprint density at radius 1 is 1.80 bits per heavy atom. The molecule has 1 aliphatic carbocycles. The summed E-state index contributed by atoms with van der Waals surface area (Å²) in [6.07, 6.45) is 6.35. The summed E-state index contributed by atoms with van der Waals surface area (Å²) in [5, 5.41) is 9.14. The molecule has 0 amide bonds. The molecule has 0 saturated heterocycles. The van der Waals surface area contributed by atoms with E-state index in [9.17, 15) is 0 Å². The SMILES string of the molecule is C[C@H](O)[C@@H]1C=CC(N)=CC1. The Hall–Kier alpha value is -0.760. The van der Waals surface area contributed by atoms with Crippen molar-refractivity contribution in [2.75, 3.05) is 0 Å². The zero-order chi connectivity index (χ0) is 7.56. The van der Waals surface area contributed by atoms with Crippen LogP contribution in [-0.4, -0.2) is 11.2 Å². The summed E-state index contributed by atoms with van der Waals surface area (Å²) in [4.78, 5) is 0. The van der Waals surface area contributed by atoms with E-state index in [0.29, 0.717) is 0 Å². The lowest BCUT2D eigenvalue weighted by Crippen LogP contribution is -2.16. The van der Waals surface area contributed by atoms with Gasteiger partial charge < -0.3 is 10.8 Å². The molecule has 0 aromatic rings. The summed E-state index contributed by atoms with van der Waals surface area (Å²) in [5.74, 6) is 0.257. The van der Waals surface area contributed by atoms with Crippen molar-refractivity contribution in [2.24, 2.45) is 11.7 Å². The zero-order valence-electron chi connectivity index (χ0n) is 6.12. The highest BCUT2D eigenvalue weighted by atomic mass is 16.3. The number of hydrogen-bond acceptors (Lipinski definition) is 2. The molecule has 0 bridgehead atoms. The van der Waals surface area contributed by atoms with E-state index in [1.165, 1.54) is 0 Å². The first-order valence-corrected chi connectivity index (χ1v) is 3.52. The standard InChI is InChI=1S/C8H13NO/c1-6(10)7-2-4-8(9)5-3-7/h2,4-7,10H,3,9H2,1H3/t6-,7+/m0/s1. The molecule has 10 heavy (non-hydrogen) atoms. The monoisotopic (exact) mass is 139 g/mol. The molecular weight excluding hydrogens is 126 g/mol. The van der Waals surface area contributed by atoms with Crippen LogP contribution in [0.5, 0.6) is 0 Å². The Morgan fingerprint density at radius 2 is 2.50 bits per heavy atom. The first-order chi connectivity index (χ1) is 4.70. The molecule has 0 unspecified atom stereocenters. The second-order valence-corrected chi connectivity index (χ2v) is 2.70. The molecule has 2 atom stereocenters. The minimum absolute atomic E-state index is 0.257. The fourth-order valence-electron chi connectivity index (χ4n) is 1.01. The van der Waals surface area contributed by atoms with Crippen LogP contribution < -0.4 is 5.73 Å². The van der Waals surface area contributed by atoms with Crippen LogP contribution in [-0.2, 0) is 0 Å². The summed E-state index contributed by atoms with van der Waals surface area (Å²) >= 11 is 0. The zero-order valence-corrected chi connectivity index (χ0v) is 6.12. The summed E-state index contributed by atoms with van der Waals surface area (Å²) in [7, 11) is 0. The van der Waals surface area contributed by atoms with E-state index in [-0.39, 0.29) is 12.0 Å². The highest BCUT2D eigenvalue weighted by molar-refractivity contribution is 5.20. The van der Waals surface area contributed by atoms with Crippen LogP contribution >= 0.6 is 0 Å². The predicted octanol–water partition coefficient (Wildman–Crippen LogP) is 0.786. The van der Waals surface area contributed by atoms with Crippen LogP contribution in [0.25, 0.3) is 0 Å². The van der Waals surface area contributed by atoms with Crippen LogP contribution in [0.3, 0.4) is 0 Å². The summed E-state index contributed by atoms with van der Waals surface area (Å²) < 4.78 is 0. The topological polar surface area (TPSA) is 46.2 Å². The first kappa shape index (κ1) is 7.35. The fourth-order valence-corrected chi connectivity index (χ4v) is 1.01. The summed E-state index contributed by atoms with van der Waals surface area (Å²) in [6, 6.07) is 0. The highest BCUT2D eigenvalue weighted by Gasteiger charge is 2.11. The molecule has 0 radical (unpaired) electrons. The predicted molar refractivity (Wildman–Crippen MR) is 41.2 cm³/mol. The van der Waals surface area contributed by atoms with Gasteiger partial charge in [-0.15, -0.1) is 0 Å². The minimum Gasteiger partial charge on any atom is -0.399 e. The number of allylic oxidation sites excluding steroid dienone is 2. The number of aliphatic hydroxyl groups is 1. The average Bonchev–Trinajstić information content (AvgIpc) is 1.88. The molecule has 0 fully saturated rings. The maximum Gasteiger partial charge on any atom is 0.0577 e. The molecular formula is C8H13NO. The molecule has 2 nitrogen and oxygen atoms in total. The van der Waals surface area contributed by atoms with Crippen molar-refractivity contribution in [3.8, 4) is 0 Å². The second-order valence-electron chi connectivity index (χ2n) is 2.70. The van der Waals surface area contributed by atoms with E-state index < -0.39 is 0 Å². The number of nitrogens with two attached hydrogens (primary N) is 1. The van der Waals surface area contributed by atoms with Gasteiger partial charge in [-0.1, -0.05) is 12.2 Å². The largest absolute Gasteiger partial charge is 0.399 e. The molecule has 0 aromatic heterocycles. The molecule has 3 N–H and O–H groups in total. The van der Waals surface area contributed by atoms with Crippen LogP contribution in [0.4, 0.5) is 0 Å². The molecule has 1 rings (SSSR count). The quantitative estimate of drug-likeness (QED) is 0.564. The smallest absolute Gasteiger partial charge is 0.0577 e. The van der Waals surface area contributed by atoms with Crippen molar-refractivity contribution >= 4 is 0 Å². The van der Waals surface area contributed by atoms with Gasteiger partial charge in [-0.3, -0.25) is 0 Å². The van der Waals surface area contributed by atoms with E-state index in [2.05, 4.69) is 0 Å². The molecule has 0 aliphatic heterocycles. The van der Waals surface area contributed by atoms with Gasteiger partial charge in [0.1, 0.15) is 0 Å². The van der Waals surface area contributed by atoms with Crippen LogP contribution in [0.15, 0.2) is 23.9 Å². The van der Waals surface area contributed by atoms with E-state index in [1.807, 2.05) is 18.2 Å². The Bertz CT molecular complexity index is 170. The van der Waals surface area contributed by atoms with Gasteiger partial charge >= 0.3 is 0 Å². The molecule has 0 saturated carbocycles. The molecule has 0 heterocycles. The van der Waals surface area contributed by atoms with E-state index in [0.717, 1.165) is 12.1 Å². The molecule has 56 valence electrons. The van der Waals surface area contributed by atoms with Crippen molar-refractivity contribution in [1.29, 1.82) is 0 Å². The highest BCUT2D eigenvalue weighted by Crippen LogP contribution is 2.16. The van der Waals surface area contributed by atoms with Gasteiger partial charge in [0.05, 0.1) is 6.10 Å². The Morgan fingerprint density at radius 3 is 2.90 bits per heavy atom. The maximum absolute atomic E-state index is 9.14. The lowest BCUT2D eigenvalue weighted by atomic mass is 9.95. The third kappa shape index (κ3) is 1.61. The van der Waals surface area contributed by atoms with Crippen molar-refractivity contribution < 1.29 is 5.11 Å². The molecule has 1 aliphatic rings. The van der Waals surface area contributed by atoms with Crippen molar-refractivity contribution in [1.82, 2.24) is 0 Å². The van der Waals surface area contributed by atoms with Crippen molar-refractivity contribution in [3.05, 3.63) is 23.9 Å². The van der Waals surface area contributed by atoms with Gasteiger partial charge in [-0.05, 0) is 19.4 Å². The third-order valence-corrected chi connectivity index (χ3v) is 1.78. The minimum atomic E-state index is -0.263. The first-order valence-electron chi connectivity index (χ1n) is 3.52. The lowest BCUT2D eigenvalue weighted by Gasteiger charge is -2.16. The number of aliphatic hydroxyl groups excluding tert-OH is 1. The van der Waals surface area contributed by atoms with Crippen molar-refractivity contribution in [3.63, 3.8) is 0 Å². The lowest BCUT2D eigenvalue weighted by molar-refractivity contribution is 0.149. The van der Waals surface area contributed by atoms with Crippen LogP contribution in [0.1, 0.15) is 13.3 Å². The van der Waals surface area contributed by atoms with Gasteiger partial charge in [0.2, 0.25) is 0 Å². The van der Waals surface area contributed by atoms with E-state index in [1.54, 1.807) is 6.92 Å². The Kier molecular flexibility index (Phi) is 2.12. The fraction of sp³-hybridized carbons (Fsp3) is 0.500. The number of hydrogen-bond donors (Lipinski definition) is 2. The summed E-state index contributed by atoms with van der Waals surface area (Å²) in [5.41, 5.74) is 6.29. The third-order valence-electron chi connectivity index (χ3n) is 1.78. The van der Waals surface area contributed by atoms with E-state index >= 15 is 0 Å². The summed E-state index contributed by atoms with van der Waals surface area (Å²) in [6.45, 7) is 1.80. The van der Waals surface area contributed by atoms with Gasteiger partial charge in [0.25, 0.3) is 0 Å².